The van der Waals surface area contributed by atoms with Crippen LogP contribution in [0.5, 0.6) is 0 Å². The van der Waals surface area contributed by atoms with Gasteiger partial charge in [-0.3, -0.25) is 0 Å². The van der Waals surface area contributed by atoms with E-state index < -0.39 is 0 Å². The van der Waals surface area contributed by atoms with E-state index >= 15 is 0 Å². The number of anilines is 3. The monoisotopic (exact) mass is 500 g/mol. The second kappa shape index (κ2) is 10.6. The molecule has 27 heavy (non-hydrogen) atoms. The molecule has 4 N–H and O–H groups in total. The van der Waals surface area contributed by atoms with Crippen LogP contribution in [-0.4, -0.2) is 12.6 Å². The number of rotatable bonds is 8. The summed E-state index contributed by atoms with van der Waals surface area (Å²) in [7, 11) is 0. The maximum absolute atomic E-state index is 12.3. The molecule has 0 atom stereocenters. The fourth-order valence-corrected chi connectivity index (χ4v) is 3.33. The van der Waals surface area contributed by atoms with E-state index in [9.17, 15) is 4.79 Å². The van der Waals surface area contributed by atoms with Crippen molar-refractivity contribution in [3.63, 3.8) is 0 Å². The zero-order valence-corrected chi connectivity index (χ0v) is 18.8. The van der Waals surface area contributed by atoms with E-state index in [0.717, 1.165) is 51.6 Å². The molecule has 5 nitrogen and oxygen atoms in total. The maximum atomic E-state index is 12.3. The van der Waals surface area contributed by atoms with Gasteiger partial charge in [0, 0.05) is 18.1 Å². The molecule has 146 valence electrons. The van der Waals surface area contributed by atoms with Gasteiger partial charge in [-0.15, -0.1) is 0 Å². The number of unbranched alkanes of at least 4 members (excludes halogenated alkanes) is 1. The molecule has 0 heterocycles. The zero-order valence-electron chi connectivity index (χ0n) is 15.9. The summed E-state index contributed by atoms with van der Waals surface area (Å²) in [4.78, 5) is 12.3. The Balaban J connectivity index is 2.20. The van der Waals surface area contributed by atoms with Gasteiger partial charge in [-0.05, 0) is 55.2 Å². The molecule has 0 saturated carbocycles. The van der Waals surface area contributed by atoms with E-state index in [-0.39, 0.29) is 6.03 Å². The fourth-order valence-electron chi connectivity index (χ4n) is 2.65. The van der Waals surface area contributed by atoms with Crippen molar-refractivity contribution >= 4 is 57.6 Å². The van der Waals surface area contributed by atoms with E-state index in [1.807, 2.05) is 38.1 Å². The molecule has 0 saturated heterocycles. The predicted octanol–water partition coefficient (Wildman–Crippen LogP) is 6.25. The van der Waals surface area contributed by atoms with Crippen LogP contribution >= 0.6 is 34.5 Å². The van der Waals surface area contributed by atoms with Gasteiger partial charge in [0.1, 0.15) is 0 Å². The summed E-state index contributed by atoms with van der Waals surface area (Å²) in [5.41, 5.74) is 5.86. The summed E-state index contributed by atoms with van der Waals surface area (Å²) >= 11 is 8.05. The standard InChI is InChI=1S/C20H26ClIN4O/c1-4-5-10-23-20(27)25-18-14(3)13(2)11-17(19(18)26-22)24-12-15-6-8-16(21)9-7-15/h6-9,11,24,26H,4-5,10,12H2,1-3H3,(H2,23,25,27). The van der Waals surface area contributed by atoms with Gasteiger partial charge in [0.15, 0.2) is 0 Å². The number of benzene rings is 2. The molecule has 0 radical (unpaired) electrons. The summed E-state index contributed by atoms with van der Waals surface area (Å²) in [5.74, 6) is 0. The Morgan fingerprint density at radius 3 is 2.48 bits per heavy atom. The largest absolute Gasteiger partial charge is 0.379 e. The second-order valence-corrected chi connectivity index (χ2v) is 7.40. The predicted molar refractivity (Wildman–Crippen MR) is 124 cm³/mol. The molecule has 0 fully saturated rings. The van der Waals surface area contributed by atoms with Gasteiger partial charge < -0.3 is 19.5 Å². The van der Waals surface area contributed by atoms with Crippen LogP contribution in [0.25, 0.3) is 0 Å². The van der Waals surface area contributed by atoms with Gasteiger partial charge in [-0.1, -0.05) is 37.1 Å². The minimum Gasteiger partial charge on any atom is -0.379 e. The van der Waals surface area contributed by atoms with Gasteiger partial charge >= 0.3 is 6.03 Å². The molecule has 0 bridgehead atoms. The number of urea groups is 1. The van der Waals surface area contributed by atoms with Crippen molar-refractivity contribution in [3.8, 4) is 0 Å². The third-order valence-corrected chi connectivity index (χ3v) is 5.18. The molecule has 0 aliphatic heterocycles. The van der Waals surface area contributed by atoms with Crippen LogP contribution in [-0.2, 0) is 6.54 Å². The average molecular weight is 501 g/mol. The van der Waals surface area contributed by atoms with Crippen LogP contribution < -0.4 is 19.5 Å². The summed E-state index contributed by atoms with van der Waals surface area (Å²) in [5, 5.41) is 10.1. The van der Waals surface area contributed by atoms with Gasteiger partial charge in [0.05, 0.1) is 39.9 Å². The van der Waals surface area contributed by atoms with Crippen molar-refractivity contribution in [1.82, 2.24) is 5.32 Å². The normalized spacial score (nSPS) is 10.4. The topological polar surface area (TPSA) is 65.2 Å². The Hall–Kier alpha value is -1.67. The molecule has 0 spiro atoms. The van der Waals surface area contributed by atoms with E-state index in [1.165, 1.54) is 0 Å². The SMILES string of the molecule is CCCCNC(=O)Nc1c(C)c(C)cc(NCc2ccc(Cl)cc2)c1NI. The van der Waals surface area contributed by atoms with Crippen LogP contribution in [0.2, 0.25) is 5.02 Å². The van der Waals surface area contributed by atoms with Gasteiger partial charge in [-0.2, -0.15) is 0 Å². The molecule has 2 aromatic carbocycles. The average Bonchev–Trinajstić information content (AvgIpc) is 2.65. The highest BCUT2D eigenvalue weighted by Gasteiger charge is 2.15. The van der Waals surface area contributed by atoms with Crippen molar-refractivity contribution in [2.45, 2.75) is 40.2 Å². The van der Waals surface area contributed by atoms with Crippen LogP contribution in [0, 0.1) is 13.8 Å². The third kappa shape index (κ3) is 6.17. The Bertz CT molecular complexity index is 781. The van der Waals surface area contributed by atoms with E-state index in [0.29, 0.717) is 13.1 Å². The summed E-state index contributed by atoms with van der Waals surface area (Å²) < 4.78 is 3.19. The van der Waals surface area contributed by atoms with Crippen molar-refractivity contribution in [3.05, 3.63) is 52.0 Å². The third-order valence-electron chi connectivity index (χ3n) is 4.39. The van der Waals surface area contributed by atoms with E-state index in [2.05, 4.69) is 55.3 Å². The van der Waals surface area contributed by atoms with Crippen molar-refractivity contribution in [1.29, 1.82) is 0 Å². The molecule has 0 aliphatic carbocycles. The minimum atomic E-state index is -0.186. The lowest BCUT2D eigenvalue weighted by atomic mass is 10.0. The molecular weight excluding hydrogens is 475 g/mol. The van der Waals surface area contributed by atoms with Crippen LogP contribution in [0.15, 0.2) is 30.3 Å². The lowest BCUT2D eigenvalue weighted by Gasteiger charge is -2.20. The highest BCUT2D eigenvalue weighted by atomic mass is 127. The number of hydrogen-bond acceptors (Lipinski definition) is 3. The highest BCUT2D eigenvalue weighted by molar-refractivity contribution is 14.1. The number of halogens is 2. The van der Waals surface area contributed by atoms with Crippen LogP contribution in [0.3, 0.4) is 0 Å². The van der Waals surface area contributed by atoms with Gasteiger partial charge in [0.25, 0.3) is 0 Å². The summed E-state index contributed by atoms with van der Waals surface area (Å²) in [6.07, 6.45) is 2.01. The first-order valence-electron chi connectivity index (χ1n) is 9.00. The quantitative estimate of drug-likeness (QED) is 0.197. The molecule has 2 rings (SSSR count). The highest BCUT2D eigenvalue weighted by Crippen LogP contribution is 2.37. The van der Waals surface area contributed by atoms with Crippen molar-refractivity contribution < 1.29 is 4.79 Å². The first-order valence-corrected chi connectivity index (χ1v) is 10.5. The Morgan fingerprint density at radius 1 is 1.15 bits per heavy atom. The number of carbonyl (C=O) groups excluding carboxylic acids is 1. The minimum absolute atomic E-state index is 0.186. The Morgan fingerprint density at radius 2 is 1.85 bits per heavy atom. The van der Waals surface area contributed by atoms with Gasteiger partial charge in [0.2, 0.25) is 0 Å². The Kier molecular flexibility index (Phi) is 8.50. The molecule has 2 amide bonds. The summed E-state index contributed by atoms with van der Waals surface area (Å²) in [6.45, 7) is 7.48. The van der Waals surface area contributed by atoms with E-state index in [1.54, 1.807) is 0 Å². The smallest absolute Gasteiger partial charge is 0.319 e. The van der Waals surface area contributed by atoms with E-state index in [4.69, 9.17) is 11.6 Å². The van der Waals surface area contributed by atoms with Crippen molar-refractivity contribution in [2.75, 3.05) is 20.7 Å². The zero-order chi connectivity index (χ0) is 19.8. The first kappa shape index (κ1) is 21.6. The number of aryl methyl sites for hydroxylation is 1. The number of hydrogen-bond donors (Lipinski definition) is 4. The number of nitrogens with one attached hydrogen (secondary N) is 4. The molecule has 7 heteroatoms. The number of carbonyl (C=O) groups is 1. The lowest BCUT2D eigenvalue weighted by molar-refractivity contribution is 0.252. The lowest BCUT2D eigenvalue weighted by Crippen LogP contribution is -2.30. The van der Waals surface area contributed by atoms with Crippen LogP contribution in [0.4, 0.5) is 21.9 Å². The number of amides is 2. The van der Waals surface area contributed by atoms with Crippen LogP contribution in [0.1, 0.15) is 36.5 Å². The molecule has 0 unspecified atom stereocenters. The fraction of sp³-hybridized carbons (Fsp3) is 0.350. The molecular formula is C20H26ClIN4O. The second-order valence-electron chi connectivity index (χ2n) is 6.42. The first-order chi connectivity index (χ1) is 13.0. The molecule has 0 aromatic heterocycles. The molecule has 2 aromatic rings. The molecule has 0 aliphatic rings. The Labute approximate surface area is 180 Å². The summed E-state index contributed by atoms with van der Waals surface area (Å²) in [6, 6.07) is 9.65. The van der Waals surface area contributed by atoms with Crippen molar-refractivity contribution in [2.24, 2.45) is 0 Å². The van der Waals surface area contributed by atoms with Gasteiger partial charge in [-0.25, -0.2) is 4.79 Å². The maximum Gasteiger partial charge on any atom is 0.319 e.